The van der Waals surface area contributed by atoms with E-state index < -0.39 is 0 Å². The van der Waals surface area contributed by atoms with Crippen molar-refractivity contribution in [3.05, 3.63) is 106 Å². The molecule has 0 aliphatic heterocycles. The monoisotopic (exact) mass is 481 g/mol. The van der Waals surface area contributed by atoms with Gasteiger partial charge in [0.15, 0.2) is 17.3 Å². The minimum Gasteiger partial charge on any atom is -0.493 e. The van der Waals surface area contributed by atoms with Crippen molar-refractivity contribution in [1.29, 1.82) is 0 Å². The summed E-state index contributed by atoms with van der Waals surface area (Å²) in [4.78, 5) is 12.7. The maximum absolute atomic E-state index is 12.7. The number of halogens is 2. The van der Waals surface area contributed by atoms with Gasteiger partial charge in [0.2, 0.25) is 0 Å². The molecule has 0 spiro atoms. The van der Waals surface area contributed by atoms with Gasteiger partial charge in [0, 0.05) is 27.9 Å². The van der Waals surface area contributed by atoms with E-state index in [-0.39, 0.29) is 5.91 Å². The molecule has 0 atom stereocenters. The molecule has 4 aromatic rings. The molecular weight excluding hydrogens is 461 g/mol. The van der Waals surface area contributed by atoms with Gasteiger partial charge in [0.1, 0.15) is 6.61 Å². The molecule has 0 unspecified atom stereocenters. The van der Waals surface area contributed by atoms with E-state index in [9.17, 15) is 4.79 Å². The van der Waals surface area contributed by atoms with E-state index in [1.807, 2.05) is 42.5 Å². The maximum Gasteiger partial charge on any atom is 0.256 e. The van der Waals surface area contributed by atoms with Crippen molar-refractivity contribution in [3.63, 3.8) is 0 Å². The Morgan fingerprint density at radius 2 is 1.82 bits per heavy atom. The lowest BCUT2D eigenvalue weighted by Crippen LogP contribution is -2.13. The summed E-state index contributed by atoms with van der Waals surface area (Å²) in [6.07, 6.45) is 1.78. The third-order valence-electron chi connectivity index (χ3n) is 4.88. The van der Waals surface area contributed by atoms with E-state index >= 15 is 0 Å². The molecule has 1 aromatic heterocycles. The molecule has 1 amide bonds. The second-order valence-electron chi connectivity index (χ2n) is 7.23. The molecule has 0 bridgehead atoms. The van der Waals surface area contributed by atoms with Gasteiger partial charge in [-0.3, -0.25) is 9.48 Å². The van der Waals surface area contributed by atoms with Gasteiger partial charge in [-0.2, -0.15) is 5.10 Å². The summed E-state index contributed by atoms with van der Waals surface area (Å²) in [7, 11) is 1.60. The minimum atomic E-state index is -0.260. The highest BCUT2D eigenvalue weighted by Gasteiger charge is 2.11. The molecule has 8 heteroatoms. The van der Waals surface area contributed by atoms with Crippen LogP contribution < -0.4 is 14.8 Å². The number of nitrogens with one attached hydrogen (secondary N) is 1. The average Bonchev–Trinajstić information content (AvgIpc) is 3.26. The molecule has 0 saturated heterocycles. The summed E-state index contributed by atoms with van der Waals surface area (Å²) in [5, 5.41) is 8.37. The number of para-hydroxylation sites is 2. The lowest BCUT2D eigenvalue weighted by molar-refractivity contribution is 0.102. The smallest absolute Gasteiger partial charge is 0.256 e. The molecule has 0 radical (unpaired) electrons. The predicted molar refractivity (Wildman–Crippen MR) is 130 cm³/mol. The Morgan fingerprint density at radius 1 is 1.00 bits per heavy atom. The van der Waals surface area contributed by atoms with Crippen molar-refractivity contribution < 1.29 is 14.3 Å². The number of amides is 1. The van der Waals surface area contributed by atoms with Gasteiger partial charge >= 0.3 is 0 Å². The summed E-state index contributed by atoms with van der Waals surface area (Å²) < 4.78 is 12.9. The molecule has 33 heavy (non-hydrogen) atoms. The Hall–Kier alpha value is -3.48. The summed E-state index contributed by atoms with van der Waals surface area (Å²) >= 11 is 12.2. The number of aromatic nitrogens is 2. The lowest BCUT2D eigenvalue weighted by Gasteiger charge is -2.11. The third-order valence-corrected chi connectivity index (χ3v) is 5.47. The molecule has 3 aromatic carbocycles. The van der Waals surface area contributed by atoms with Crippen LogP contribution in [-0.2, 0) is 13.2 Å². The Balaban J connectivity index is 1.39. The molecule has 168 valence electrons. The summed E-state index contributed by atoms with van der Waals surface area (Å²) in [5.74, 6) is 1.48. The number of hydrogen-bond donors (Lipinski definition) is 1. The van der Waals surface area contributed by atoms with Crippen LogP contribution in [0.3, 0.4) is 0 Å². The van der Waals surface area contributed by atoms with E-state index in [1.165, 1.54) is 0 Å². The summed E-state index contributed by atoms with van der Waals surface area (Å²) in [5.41, 5.74) is 2.24. The highest BCUT2D eigenvalue weighted by molar-refractivity contribution is 6.35. The summed E-state index contributed by atoms with van der Waals surface area (Å²) in [6, 6.07) is 21.7. The number of nitrogens with zero attached hydrogens (tertiary/aromatic N) is 2. The first-order valence-corrected chi connectivity index (χ1v) is 10.9. The van der Waals surface area contributed by atoms with Gasteiger partial charge in [0.25, 0.3) is 5.91 Å². The van der Waals surface area contributed by atoms with Crippen LogP contribution in [0.2, 0.25) is 10.0 Å². The third kappa shape index (κ3) is 5.86. The highest BCUT2D eigenvalue weighted by Crippen LogP contribution is 2.27. The molecule has 1 N–H and O–H groups in total. The van der Waals surface area contributed by atoms with Gasteiger partial charge in [-0.1, -0.05) is 53.5 Å². The molecule has 0 fully saturated rings. The number of benzene rings is 3. The van der Waals surface area contributed by atoms with Crippen molar-refractivity contribution in [2.24, 2.45) is 0 Å². The molecule has 6 nitrogen and oxygen atoms in total. The summed E-state index contributed by atoms with van der Waals surface area (Å²) in [6.45, 7) is 0.764. The van der Waals surface area contributed by atoms with Crippen LogP contribution in [0.5, 0.6) is 11.5 Å². The standard InChI is InChI=1S/C25H21Cl2N3O3/c1-32-22-7-2-3-8-23(22)33-16-17-5-4-6-18(13-17)25(31)28-24-11-12-30(29-24)15-19-9-10-20(26)14-21(19)27/h2-14H,15-16H2,1H3,(H,28,29,31). The van der Waals surface area contributed by atoms with Crippen molar-refractivity contribution in [3.8, 4) is 11.5 Å². The minimum absolute atomic E-state index is 0.260. The molecule has 0 aliphatic carbocycles. The van der Waals surface area contributed by atoms with Crippen LogP contribution in [0, 0.1) is 0 Å². The van der Waals surface area contributed by atoms with E-state index in [1.54, 1.807) is 48.3 Å². The average molecular weight is 482 g/mol. The number of ether oxygens (including phenoxy) is 2. The van der Waals surface area contributed by atoms with Crippen LogP contribution in [0.1, 0.15) is 21.5 Å². The topological polar surface area (TPSA) is 65.4 Å². The Bertz CT molecular complexity index is 1270. The van der Waals surface area contributed by atoms with Gasteiger partial charge in [-0.15, -0.1) is 0 Å². The highest BCUT2D eigenvalue weighted by atomic mass is 35.5. The zero-order chi connectivity index (χ0) is 23.2. The van der Waals surface area contributed by atoms with E-state index in [4.69, 9.17) is 32.7 Å². The lowest BCUT2D eigenvalue weighted by atomic mass is 10.1. The van der Waals surface area contributed by atoms with E-state index in [2.05, 4.69) is 10.4 Å². The number of hydrogen-bond acceptors (Lipinski definition) is 4. The zero-order valence-corrected chi connectivity index (χ0v) is 19.3. The normalized spacial score (nSPS) is 10.6. The number of methoxy groups -OCH3 is 1. The second-order valence-corrected chi connectivity index (χ2v) is 8.07. The molecule has 4 rings (SSSR count). The number of anilines is 1. The number of rotatable bonds is 8. The Morgan fingerprint density at radius 3 is 2.61 bits per heavy atom. The van der Waals surface area contributed by atoms with Gasteiger partial charge in [0.05, 0.1) is 13.7 Å². The SMILES string of the molecule is COc1ccccc1OCc1cccc(C(=O)Nc2ccn(Cc3ccc(Cl)cc3Cl)n2)c1. The van der Waals surface area contributed by atoms with Gasteiger partial charge < -0.3 is 14.8 Å². The van der Waals surface area contributed by atoms with Gasteiger partial charge in [-0.25, -0.2) is 0 Å². The van der Waals surface area contributed by atoms with E-state index in [0.29, 0.717) is 46.1 Å². The molecule has 0 aliphatic rings. The first-order valence-electron chi connectivity index (χ1n) is 10.2. The van der Waals surface area contributed by atoms with Crippen LogP contribution >= 0.6 is 23.2 Å². The van der Waals surface area contributed by atoms with Crippen LogP contribution in [0.4, 0.5) is 5.82 Å². The maximum atomic E-state index is 12.7. The van der Waals surface area contributed by atoms with E-state index in [0.717, 1.165) is 11.1 Å². The first kappa shape index (κ1) is 22.7. The van der Waals surface area contributed by atoms with Crippen LogP contribution in [0.25, 0.3) is 0 Å². The van der Waals surface area contributed by atoms with Crippen molar-refractivity contribution in [1.82, 2.24) is 9.78 Å². The van der Waals surface area contributed by atoms with Crippen LogP contribution in [-0.4, -0.2) is 22.8 Å². The van der Waals surface area contributed by atoms with Crippen molar-refractivity contribution in [2.75, 3.05) is 12.4 Å². The van der Waals surface area contributed by atoms with Gasteiger partial charge in [-0.05, 0) is 47.5 Å². The number of carbonyl (C=O) groups excluding carboxylic acids is 1. The largest absolute Gasteiger partial charge is 0.493 e. The van der Waals surface area contributed by atoms with Crippen LogP contribution in [0.15, 0.2) is 79.0 Å². The quantitative estimate of drug-likeness (QED) is 0.331. The predicted octanol–water partition coefficient (Wildman–Crippen LogP) is 6.08. The number of carbonyl (C=O) groups is 1. The fourth-order valence-electron chi connectivity index (χ4n) is 3.23. The fourth-order valence-corrected chi connectivity index (χ4v) is 3.70. The zero-order valence-electron chi connectivity index (χ0n) is 17.8. The molecule has 0 saturated carbocycles. The fraction of sp³-hybridized carbons (Fsp3) is 0.120. The second kappa shape index (κ2) is 10.4. The molecule has 1 heterocycles. The van der Waals surface area contributed by atoms with Crippen molar-refractivity contribution in [2.45, 2.75) is 13.2 Å². The Labute approximate surface area is 201 Å². The first-order chi connectivity index (χ1) is 16.0. The van der Waals surface area contributed by atoms with Crippen molar-refractivity contribution >= 4 is 34.9 Å². The molecular formula is C25H21Cl2N3O3. The Kier molecular flexibility index (Phi) is 7.17.